The van der Waals surface area contributed by atoms with E-state index in [0.29, 0.717) is 36.4 Å². The van der Waals surface area contributed by atoms with Crippen LogP contribution in [0.2, 0.25) is 0 Å². The molecule has 2 atom stereocenters. The van der Waals surface area contributed by atoms with Crippen molar-refractivity contribution >= 4 is 12.0 Å². The van der Waals surface area contributed by atoms with Crippen molar-refractivity contribution in [3.05, 3.63) is 29.6 Å². The van der Waals surface area contributed by atoms with Crippen LogP contribution in [-0.4, -0.2) is 61.2 Å². The van der Waals surface area contributed by atoms with Gasteiger partial charge in [0.1, 0.15) is 11.6 Å². The van der Waals surface area contributed by atoms with Crippen molar-refractivity contribution in [1.29, 1.82) is 0 Å². The van der Waals surface area contributed by atoms with Crippen molar-refractivity contribution in [2.24, 2.45) is 23.2 Å². The minimum Gasteiger partial charge on any atom is -0.493 e. The van der Waals surface area contributed by atoms with E-state index < -0.39 is 0 Å². The molecule has 2 amide bonds. The number of carbonyl (C=O) groups excluding carboxylic acids is 2. The van der Waals surface area contributed by atoms with Crippen LogP contribution in [0.4, 0.5) is 9.18 Å². The number of hydrogen-bond acceptors (Lipinski definition) is 4. The zero-order chi connectivity index (χ0) is 23.7. The number of nitrogens with zero attached hydrogens (tertiary/aromatic N) is 2. The van der Waals surface area contributed by atoms with Gasteiger partial charge in [-0.15, -0.1) is 0 Å². The number of benzene rings is 1. The quantitative estimate of drug-likeness (QED) is 0.525. The summed E-state index contributed by atoms with van der Waals surface area (Å²) < 4.78 is 25.7. The summed E-state index contributed by atoms with van der Waals surface area (Å²) in [6, 6.07) is 4.85. The molecule has 2 aliphatic heterocycles. The molecule has 2 heterocycles. The van der Waals surface area contributed by atoms with Crippen LogP contribution in [0.3, 0.4) is 0 Å². The molecule has 0 bridgehead atoms. The highest BCUT2D eigenvalue weighted by Crippen LogP contribution is 2.50. The fraction of sp³-hybridized carbons (Fsp3) is 0.704. The molecular formula is C27H37FN2O4. The van der Waals surface area contributed by atoms with Gasteiger partial charge in [-0.1, -0.05) is 13.0 Å². The summed E-state index contributed by atoms with van der Waals surface area (Å²) in [5, 5.41) is 0. The van der Waals surface area contributed by atoms with Gasteiger partial charge in [0.25, 0.3) is 0 Å². The van der Waals surface area contributed by atoms with E-state index in [1.54, 1.807) is 17.0 Å². The van der Waals surface area contributed by atoms with Crippen LogP contribution in [0.15, 0.2) is 18.2 Å². The molecule has 1 aromatic carbocycles. The fourth-order valence-corrected chi connectivity index (χ4v) is 5.31. The maximum Gasteiger partial charge on any atom is 0.409 e. The smallest absolute Gasteiger partial charge is 0.409 e. The number of rotatable bonds is 9. The van der Waals surface area contributed by atoms with Crippen molar-refractivity contribution in [3.8, 4) is 5.75 Å². The SMILES string of the molecule is CC1(COC(=O)N2CCC(C3CC3CCOc3ccc(CC(=O)N4CCC4)c(F)c3)CC2)CC1. The summed E-state index contributed by atoms with van der Waals surface area (Å²) in [5.41, 5.74) is 0.668. The second kappa shape index (κ2) is 9.74. The third kappa shape index (κ3) is 5.66. The Morgan fingerprint density at radius 3 is 2.53 bits per heavy atom. The number of likely N-dealkylation sites (tertiary alicyclic amines) is 2. The highest BCUT2D eigenvalue weighted by molar-refractivity contribution is 5.79. The number of piperidine rings is 1. The Kier molecular flexibility index (Phi) is 6.72. The van der Waals surface area contributed by atoms with E-state index in [1.165, 1.54) is 12.5 Å². The standard InChI is InChI=1S/C27H37FN2O4/c1-27(8-9-27)18-34-26(32)30-12-5-19(6-13-30)23-15-20(23)7-14-33-22-4-3-21(24(28)17-22)16-25(31)29-10-2-11-29/h3-4,17,19-20,23H,2,5-16,18H2,1H3. The van der Waals surface area contributed by atoms with Gasteiger partial charge in [0.2, 0.25) is 5.91 Å². The van der Waals surface area contributed by atoms with Crippen molar-refractivity contribution < 1.29 is 23.5 Å². The molecule has 5 rings (SSSR count). The molecule has 2 unspecified atom stereocenters. The number of halogens is 1. The lowest BCUT2D eigenvalue weighted by Crippen LogP contribution is -2.42. The van der Waals surface area contributed by atoms with E-state index in [-0.39, 0.29) is 29.7 Å². The van der Waals surface area contributed by atoms with Gasteiger partial charge in [-0.3, -0.25) is 4.79 Å². The molecule has 0 N–H and O–H groups in total. The van der Waals surface area contributed by atoms with Gasteiger partial charge in [-0.05, 0) is 74.3 Å². The maximum absolute atomic E-state index is 14.4. The van der Waals surface area contributed by atoms with E-state index in [0.717, 1.165) is 70.6 Å². The topological polar surface area (TPSA) is 59.1 Å². The van der Waals surface area contributed by atoms with E-state index in [2.05, 4.69) is 6.92 Å². The Hall–Kier alpha value is -2.31. The Balaban J connectivity index is 0.982. The second-order valence-electron chi connectivity index (χ2n) is 11.2. The summed E-state index contributed by atoms with van der Waals surface area (Å²) in [6.45, 7) is 6.48. The molecule has 34 heavy (non-hydrogen) atoms. The minimum atomic E-state index is -0.368. The number of carbonyl (C=O) groups is 2. The molecule has 2 saturated carbocycles. The first kappa shape index (κ1) is 23.4. The lowest BCUT2D eigenvalue weighted by atomic mass is 9.91. The lowest BCUT2D eigenvalue weighted by molar-refractivity contribution is -0.133. The molecule has 4 fully saturated rings. The number of amides is 2. The van der Waals surface area contributed by atoms with Crippen LogP contribution in [0.5, 0.6) is 5.75 Å². The average Bonchev–Trinajstić information content (AvgIpc) is 3.71. The molecule has 186 valence electrons. The van der Waals surface area contributed by atoms with Crippen molar-refractivity contribution in [2.75, 3.05) is 39.4 Å². The maximum atomic E-state index is 14.4. The van der Waals surface area contributed by atoms with Crippen LogP contribution in [0, 0.1) is 29.0 Å². The highest BCUT2D eigenvalue weighted by atomic mass is 19.1. The van der Waals surface area contributed by atoms with Gasteiger partial charge in [0, 0.05) is 37.7 Å². The van der Waals surface area contributed by atoms with Gasteiger partial charge in [0.05, 0.1) is 19.6 Å². The van der Waals surface area contributed by atoms with Gasteiger partial charge in [0.15, 0.2) is 0 Å². The Morgan fingerprint density at radius 1 is 1.12 bits per heavy atom. The van der Waals surface area contributed by atoms with Crippen molar-refractivity contribution in [2.45, 2.75) is 58.3 Å². The predicted molar refractivity (Wildman–Crippen MR) is 126 cm³/mol. The van der Waals surface area contributed by atoms with Crippen molar-refractivity contribution in [3.63, 3.8) is 0 Å². The summed E-state index contributed by atoms with van der Waals surface area (Å²) in [7, 11) is 0. The summed E-state index contributed by atoms with van der Waals surface area (Å²) in [6.07, 6.45) is 7.64. The average molecular weight is 473 g/mol. The van der Waals surface area contributed by atoms with E-state index in [9.17, 15) is 14.0 Å². The largest absolute Gasteiger partial charge is 0.493 e. The van der Waals surface area contributed by atoms with Gasteiger partial charge in [-0.25, -0.2) is 9.18 Å². The highest BCUT2D eigenvalue weighted by Gasteiger charge is 2.44. The molecule has 2 saturated heterocycles. The lowest BCUT2D eigenvalue weighted by Gasteiger charge is -2.32. The third-order valence-corrected chi connectivity index (χ3v) is 8.36. The van der Waals surface area contributed by atoms with E-state index >= 15 is 0 Å². The molecule has 0 radical (unpaired) electrons. The van der Waals surface area contributed by atoms with Gasteiger partial charge >= 0.3 is 6.09 Å². The minimum absolute atomic E-state index is 0.00562. The summed E-state index contributed by atoms with van der Waals surface area (Å²) in [4.78, 5) is 28.0. The third-order valence-electron chi connectivity index (χ3n) is 8.36. The summed E-state index contributed by atoms with van der Waals surface area (Å²) in [5.74, 6) is 2.22. The molecule has 7 heteroatoms. The summed E-state index contributed by atoms with van der Waals surface area (Å²) >= 11 is 0. The Morgan fingerprint density at radius 2 is 1.88 bits per heavy atom. The molecular weight excluding hydrogens is 435 g/mol. The normalized spacial score (nSPS) is 25.5. The fourth-order valence-electron chi connectivity index (χ4n) is 5.31. The van der Waals surface area contributed by atoms with Crippen LogP contribution < -0.4 is 4.74 Å². The van der Waals surface area contributed by atoms with Crippen molar-refractivity contribution in [1.82, 2.24) is 9.80 Å². The zero-order valence-corrected chi connectivity index (χ0v) is 20.3. The number of ether oxygens (including phenoxy) is 2. The Bertz CT molecular complexity index is 906. The predicted octanol–water partition coefficient (Wildman–Crippen LogP) is 4.65. The molecule has 4 aliphatic rings. The molecule has 2 aliphatic carbocycles. The molecule has 1 aromatic rings. The van der Waals surface area contributed by atoms with E-state index in [1.807, 2.05) is 4.90 Å². The second-order valence-corrected chi connectivity index (χ2v) is 11.2. The molecule has 0 aromatic heterocycles. The van der Waals surface area contributed by atoms with E-state index in [4.69, 9.17) is 9.47 Å². The zero-order valence-electron chi connectivity index (χ0n) is 20.3. The number of hydrogen-bond donors (Lipinski definition) is 0. The van der Waals surface area contributed by atoms with Gasteiger partial charge in [-0.2, -0.15) is 0 Å². The van der Waals surface area contributed by atoms with Crippen LogP contribution in [-0.2, 0) is 16.0 Å². The first-order valence-corrected chi connectivity index (χ1v) is 13.0. The Labute approximate surface area is 201 Å². The molecule has 0 spiro atoms. The van der Waals surface area contributed by atoms with Crippen LogP contribution in [0.1, 0.15) is 57.4 Å². The van der Waals surface area contributed by atoms with Crippen LogP contribution in [0.25, 0.3) is 0 Å². The first-order chi connectivity index (χ1) is 16.4. The van der Waals surface area contributed by atoms with Gasteiger partial charge < -0.3 is 19.3 Å². The van der Waals surface area contributed by atoms with Crippen LogP contribution >= 0.6 is 0 Å². The first-order valence-electron chi connectivity index (χ1n) is 13.0. The molecule has 6 nitrogen and oxygen atoms in total. The monoisotopic (exact) mass is 472 g/mol.